The highest BCUT2D eigenvalue weighted by atomic mass is 32.2. The van der Waals surface area contributed by atoms with Gasteiger partial charge in [-0.25, -0.2) is 13.6 Å². The van der Waals surface area contributed by atoms with Gasteiger partial charge in [0.1, 0.15) is 0 Å². The van der Waals surface area contributed by atoms with E-state index in [-0.39, 0.29) is 16.3 Å². The maximum atomic E-state index is 10.9. The van der Waals surface area contributed by atoms with Gasteiger partial charge in [-0.05, 0) is 18.2 Å². The minimum absolute atomic E-state index is 0.128. The van der Waals surface area contributed by atoms with Gasteiger partial charge in [0.25, 0.3) is 0 Å². The first-order chi connectivity index (χ1) is 7.09. The standard InChI is InChI=1S/C7H10N2O5S2/c1-15(10,11)14-7-3-2-5(4-6(7)8)16(9,12)13/h2-4H,8H2,1H3,(H2,9,12,13). The van der Waals surface area contributed by atoms with E-state index >= 15 is 0 Å². The van der Waals surface area contributed by atoms with Crippen molar-refractivity contribution < 1.29 is 21.0 Å². The van der Waals surface area contributed by atoms with Crippen LogP contribution in [0, 0.1) is 0 Å². The molecule has 0 aliphatic rings. The Morgan fingerprint density at radius 2 is 1.75 bits per heavy atom. The number of rotatable bonds is 3. The van der Waals surface area contributed by atoms with E-state index in [1.54, 1.807) is 0 Å². The molecule has 0 saturated heterocycles. The molecule has 0 fully saturated rings. The lowest BCUT2D eigenvalue weighted by atomic mass is 10.3. The third-order valence-electron chi connectivity index (χ3n) is 1.55. The second-order valence-electron chi connectivity index (χ2n) is 3.03. The molecule has 0 aliphatic carbocycles. The van der Waals surface area contributed by atoms with Crippen LogP contribution in [0.3, 0.4) is 0 Å². The Hall–Kier alpha value is -1.32. The Labute approximate surface area is 93.2 Å². The van der Waals surface area contributed by atoms with Crippen molar-refractivity contribution in [1.82, 2.24) is 0 Å². The summed E-state index contributed by atoms with van der Waals surface area (Å²) in [5.41, 5.74) is 5.29. The molecule has 0 radical (unpaired) electrons. The first-order valence-electron chi connectivity index (χ1n) is 3.91. The number of benzene rings is 1. The van der Waals surface area contributed by atoms with E-state index < -0.39 is 20.1 Å². The fourth-order valence-electron chi connectivity index (χ4n) is 0.942. The Morgan fingerprint density at radius 3 is 2.12 bits per heavy atom. The van der Waals surface area contributed by atoms with Gasteiger partial charge < -0.3 is 9.92 Å². The predicted molar refractivity (Wildman–Crippen MR) is 57.7 cm³/mol. The molecule has 0 atom stereocenters. The molecule has 7 nitrogen and oxygen atoms in total. The summed E-state index contributed by atoms with van der Waals surface area (Å²) in [5, 5.41) is 4.86. The lowest BCUT2D eigenvalue weighted by Crippen LogP contribution is -2.13. The fraction of sp³-hybridized carbons (Fsp3) is 0.143. The van der Waals surface area contributed by atoms with Crippen molar-refractivity contribution >= 4 is 25.8 Å². The molecule has 0 bridgehead atoms. The van der Waals surface area contributed by atoms with Gasteiger partial charge in [-0.2, -0.15) is 8.42 Å². The number of hydrogen-bond acceptors (Lipinski definition) is 6. The zero-order chi connectivity index (χ0) is 12.6. The van der Waals surface area contributed by atoms with Crippen LogP contribution in [0.15, 0.2) is 23.1 Å². The van der Waals surface area contributed by atoms with Crippen molar-refractivity contribution in [2.75, 3.05) is 12.0 Å². The maximum Gasteiger partial charge on any atom is 0.306 e. The van der Waals surface area contributed by atoms with Gasteiger partial charge in [-0.1, -0.05) is 0 Å². The second kappa shape index (κ2) is 3.92. The van der Waals surface area contributed by atoms with Crippen LogP contribution in [0.5, 0.6) is 5.75 Å². The average molecular weight is 266 g/mol. The van der Waals surface area contributed by atoms with E-state index in [1.165, 1.54) is 0 Å². The number of hydrogen-bond donors (Lipinski definition) is 2. The summed E-state index contributed by atoms with van der Waals surface area (Å²) in [5.74, 6) is -0.144. The molecule has 1 aromatic rings. The molecule has 16 heavy (non-hydrogen) atoms. The molecule has 0 aromatic heterocycles. The first-order valence-corrected chi connectivity index (χ1v) is 7.28. The van der Waals surface area contributed by atoms with E-state index in [0.717, 1.165) is 24.5 Å². The van der Waals surface area contributed by atoms with Crippen molar-refractivity contribution in [1.29, 1.82) is 0 Å². The molecule has 1 aromatic carbocycles. The van der Waals surface area contributed by atoms with Crippen LogP contribution in [-0.4, -0.2) is 23.1 Å². The van der Waals surface area contributed by atoms with E-state index in [9.17, 15) is 16.8 Å². The number of anilines is 1. The number of nitrogens with two attached hydrogens (primary N) is 2. The van der Waals surface area contributed by atoms with Gasteiger partial charge in [-0.15, -0.1) is 0 Å². The van der Waals surface area contributed by atoms with Crippen molar-refractivity contribution in [3.8, 4) is 5.75 Å². The van der Waals surface area contributed by atoms with Gasteiger partial charge in [0.2, 0.25) is 10.0 Å². The van der Waals surface area contributed by atoms with Gasteiger partial charge >= 0.3 is 10.1 Å². The summed E-state index contributed by atoms with van der Waals surface area (Å²) in [6.07, 6.45) is 0.847. The molecule has 0 amide bonds. The van der Waals surface area contributed by atoms with Crippen molar-refractivity contribution in [3.63, 3.8) is 0 Å². The van der Waals surface area contributed by atoms with Gasteiger partial charge in [0, 0.05) is 0 Å². The van der Waals surface area contributed by atoms with Crippen LogP contribution in [0.1, 0.15) is 0 Å². The molecule has 0 unspecified atom stereocenters. The number of sulfonamides is 1. The van der Waals surface area contributed by atoms with E-state index in [2.05, 4.69) is 4.18 Å². The SMILES string of the molecule is CS(=O)(=O)Oc1ccc(S(N)(=O)=O)cc1N. The summed E-state index contributed by atoms with van der Waals surface area (Å²) in [6.45, 7) is 0. The van der Waals surface area contributed by atoms with Gasteiger partial charge in [-0.3, -0.25) is 0 Å². The molecule has 9 heteroatoms. The van der Waals surface area contributed by atoms with Crippen molar-refractivity contribution in [3.05, 3.63) is 18.2 Å². The Bertz CT molecular complexity index is 606. The minimum atomic E-state index is -3.87. The number of nitrogen functional groups attached to an aromatic ring is 1. The minimum Gasteiger partial charge on any atom is -0.396 e. The third-order valence-corrected chi connectivity index (χ3v) is 2.94. The lowest BCUT2D eigenvalue weighted by molar-refractivity contribution is 0.494. The normalized spacial score (nSPS) is 12.4. The molecule has 1 rings (SSSR count). The van der Waals surface area contributed by atoms with E-state index in [4.69, 9.17) is 10.9 Å². The Morgan fingerprint density at radius 1 is 1.19 bits per heavy atom. The molecule has 0 saturated carbocycles. The van der Waals surface area contributed by atoms with Crippen LogP contribution >= 0.6 is 0 Å². The van der Waals surface area contributed by atoms with E-state index in [0.29, 0.717) is 0 Å². The average Bonchev–Trinajstić information content (AvgIpc) is 2.04. The highest BCUT2D eigenvalue weighted by Crippen LogP contribution is 2.25. The van der Waals surface area contributed by atoms with E-state index in [1.807, 2.05) is 0 Å². The van der Waals surface area contributed by atoms with Crippen molar-refractivity contribution in [2.45, 2.75) is 4.90 Å². The zero-order valence-electron chi connectivity index (χ0n) is 8.24. The molecule has 90 valence electrons. The summed E-state index contributed by atoms with van der Waals surface area (Å²) in [6, 6.07) is 3.25. The lowest BCUT2D eigenvalue weighted by Gasteiger charge is -2.07. The molecule has 0 spiro atoms. The molecule has 0 aliphatic heterocycles. The topological polar surface area (TPSA) is 130 Å². The monoisotopic (exact) mass is 266 g/mol. The van der Waals surface area contributed by atoms with Crippen molar-refractivity contribution in [2.24, 2.45) is 5.14 Å². The van der Waals surface area contributed by atoms with Crippen LogP contribution in [-0.2, 0) is 20.1 Å². The smallest absolute Gasteiger partial charge is 0.306 e. The van der Waals surface area contributed by atoms with Crippen LogP contribution in [0.2, 0.25) is 0 Å². The molecular formula is C7H10N2O5S2. The third kappa shape index (κ3) is 3.36. The summed E-state index contributed by atoms with van der Waals surface area (Å²) in [7, 11) is -7.58. The summed E-state index contributed by atoms with van der Waals surface area (Å²) < 4.78 is 48.0. The van der Waals surface area contributed by atoms with Crippen LogP contribution in [0.4, 0.5) is 5.69 Å². The predicted octanol–water partition coefficient (Wildman–Crippen LogP) is -0.745. The Kier molecular flexibility index (Phi) is 3.13. The molecule has 4 N–H and O–H groups in total. The number of primary sulfonamides is 1. The summed E-state index contributed by atoms with van der Waals surface area (Å²) in [4.78, 5) is -0.217. The van der Waals surface area contributed by atoms with Gasteiger partial charge in [0.15, 0.2) is 5.75 Å². The highest BCUT2D eigenvalue weighted by molar-refractivity contribution is 7.89. The zero-order valence-corrected chi connectivity index (χ0v) is 9.88. The van der Waals surface area contributed by atoms with Gasteiger partial charge in [0.05, 0.1) is 16.8 Å². The molecular weight excluding hydrogens is 256 g/mol. The first kappa shape index (κ1) is 12.7. The maximum absolute atomic E-state index is 10.9. The van der Waals surface area contributed by atoms with Crippen LogP contribution < -0.4 is 15.1 Å². The second-order valence-corrected chi connectivity index (χ2v) is 6.17. The highest BCUT2D eigenvalue weighted by Gasteiger charge is 2.13. The fourth-order valence-corrected chi connectivity index (χ4v) is 1.97. The Balaban J connectivity index is 3.21. The quantitative estimate of drug-likeness (QED) is 0.547. The summed E-state index contributed by atoms with van der Waals surface area (Å²) >= 11 is 0. The molecule has 0 heterocycles. The van der Waals surface area contributed by atoms with Crippen LogP contribution in [0.25, 0.3) is 0 Å². The largest absolute Gasteiger partial charge is 0.396 e.